The number of carbonyl (C=O) groups is 3. The fourth-order valence-corrected chi connectivity index (χ4v) is 1.79. The second-order valence-corrected chi connectivity index (χ2v) is 4.23. The molecule has 0 aliphatic heterocycles. The first kappa shape index (κ1) is 13.9. The van der Waals surface area contributed by atoms with E-state index in [2.05, 4.69) is 10.3 Å². The average Bonchev–Trinajstić information content (AvgIpc) is 2.61. The smallest absolute Gasteiger partial charge is 0.324 e. The number of aromatic nitrogens is 1. The van der Waals surface area contributed by atoms with Crippen molar-refractivity contribution in [3.63, 3.8) is 0 Å². The molecule has 1 rings (SSSR count). The number of hydrogen-bond acceptors (Lipinski definition) is 5. The standard InChI is InChI=1S/C9H11N3O5S/c1-5-4-18-8(10-5)11-9(17)12(2-6(13)14)3-7(15)16/h4H,2-3H2,1H3,(H,13,14)(H,15,16)(H,10,11,17). The van der Waals surface area contributed by atoms with Gasteiger partial charge >= 0.3 is 18.0 Å². The van der Waals surface area contributed by atoms with Gasteiger partial charge < -0.3 is 15.1 Å². The van der Waals surface area contributed by atoms with Gasteiger partial charge in [0.15, 0.2) is 5.13 Å². The first-order valence-electron chi connectivity index (χ1n) is 4.80. The maximum Gasteiger partial charge on any atom is 0.324 e. The van der Waals surface area contributed by atoms with Gasteiger partial charge in [0.25, 0.3) is 0 Å². The quantitative estimate of drug-likeness (QED) is 0.716. The number of hydrogen-bond donors (Lipinski definition) is 3. The summed E-state index contributed by atoms with van der Waals surface area (Å²) in [7, 11) is 0. The zero-order valence-corrected chi connectivity index (χ0v) is 10.2. The molecule has 0 saturated heterocycles. The molecule has 3 N–H and O–H groups in total. The van der Waals surface area contributed by atoms with Crippen molar-refractivity contribution < 1.29 is 24.6 Å². The number of thiazole rings is 1. The van der Waals surface area contributed by atoms with Crippen molar-refractivity contribution in [2.24, 2.45) is 0 Å². The molecule has 9 heteroatoms. The Bertz CT molecular complexity index is 457. The third-order valence-electron chi connectivity index (χ3n) is 1.77. The second kappa shape index (κ2) is 5.96. The molecular weight excluding hydrogens is 262 g/mol. The Morgan fingerprint density at radius 2 is 1.89 bits per heavy atom. The summed E-state index contributed by atoms with van der Waals surface area (Å²) in [6.07, 6.45) is 0. The normalized spacial score (nSPS) is 9.83. The van der Waals surface area contributed by atoms with Gasteiger partial charge in [0.1, 0.15) is 13.1 Å². The number of anilines is 1. The van der Waals surface area contributed by atoms with Crippen LogP contribution in [-0.4, -0.2) is 51.2 Å². The molecule has 8 nitrogen and oxygen atoms in total. The van der Waals surface area contributed by atoms with Crippen molar-refractivity contribution in [3.05, 3.63) is 11.1 Å². The summed E-state index contributed by atoms with van der Waals surface area (Å²) < 4.78 is 0. The minimum Gasteiger partial charge on any atom is -0.480 e. The fourth-order valence-electron chi connectivity index (χ4n) is 1.11. The third-order valence-corrected chi connectivity index (χ3v) is 2.65. The molecule has 0 aliphatic carbocycles. The van der Waals surface area contributed by atoms with Gasteiger partial charge in [0, 0.05) is 5.38 Å². The Morgan fingerprint density at radius 1 is 1.33 bits per heavy atom. The van der Waals surface area contributed by atoms with Gasteiger partial charge in [-0.15, -0.1) is 11.3 Å². The molecule has 1 heterocycles. The molecule has 18 heavy (non-hydrogen) atoms. The Hall–Kier alpha value is -2.16. The number of carbonyl (C=O) groups excluding carboxylic acids is 1. The lowest BCUT2D eigenvalue weighted by atomic mass is 10.5. The van der Waals surface area contributed by atoms with Crippen LogP contribution in [0.15, 0.2) is 5.38 Å². The van der Waals surface area contributed by atoms with Crippen LogP contribution in [0.25, 0.3) is 0 Å². The number of rotatable bonds is 5. The summed E-state index contributed by atoms with van der Waals surface area (Å²) >= 11 is 1.17. The van der Waals surface area contributed by atoms with Gasteiger partial charge in [-0.3, -0.25) is 14.9 Å². The van der Waals surface area contributed by atoms with E-state index in [9.17, 15) is 14.4 Å². The van der Waals surface area contributed by atoms with Crippen LogP contribution in [0.4, 0.5) is 9.93 Å². The number of amides is 2. The first-order chi connectivity index (χ1) is 8.38. The predicted octanol–water partition coefficient (Wildman–Crippen LogP) is 0.455. The summed E-state index contributed by atoms with van der Waals surface area (Å²) in [6, 6.07) is -0.811. The van der Waals surface area contributed by atoms with Crippen LogP contribution in [0.3, 0.4) is 0 Å². The molecule has 0 unspecified atom stereocenters. The highest BCUT2D eigenvalue weighted by molar-refractivity contribution is 7.13. The van der Waals surface area contributed by atoms with E-state index in [-0.39, 0.29) is 0 Å². The van der Waals surface area contributed by atoms with Crippen molar-refractivity contribution in [1.29, 1.82) is 0 Å². The Balaban J connectivity index is 2.69. The van der Waals surface area contributed by atoms with Gasteiger partial charge in [-0.2, -0.15) is 0 Å². The van der Waals surface area contributed by atoms with E-state index < -0.39 is 31.1 Å². The molecule has 0 saturated carbocycles. The number of urea groups is 1. The van der Waals surface area contributed by atoms with Crippen molar-refractivity contribution in [2.45, 2.75) is 6.92 Å². The number of aryl methyl sites for hydroxylation is 1. The second-order valence-electron chi connectivity index (χ2n) is 3.37. The molecule has 2 amide bonds. The average molecular weight is 273 g/mol. The van der Waals surface area contributed by atoms with Crippen LogP contribution in [0, 0.1) is 6.92 Å². The van der Waals surface area contributed by atoms with E-state index in [1.54, 1.807) is 12.3 Å². The summed E-state index contributed by atoms with van der Waals surface area (Å²) in [5, 5.41) is 21.5. The zero-order valence-electron chi connectivity index (χ0n) is 9.41. The van der Waals surface area contributed by atoms with Crippen molar-refractivity contribution in [2.75, 3.05) is 18.4 Å². The van der Waals surface area contributed by atoms with E-state index in [0.29, 0.717) is 15.7 Å². The molecule has 98 valence electrons. The van der Waals surface area contributed by atoms with Crippen LogP contribution in [0.2, 0.25) is 0 Å². The van der Waals surface area contributed by atoms with Gasteiger partial charge in [-0.1, -0.05) is 0 Å². The number of carboxylic acids is 2. The highest BCUT2D eigenvalue weighted by Crippen LogP contribution is 2.14. The van der Waals surface area contributed by atoms with Crippen molar-refractivity contribution in [3.8, 4) is 0 Å². The maximum absolute atomic E-state index is 11.6. The molecule has 0 aromatic carbocycles. The monoisotopic (exact) mass is 273 g/mol. The number of aliphatic carboxylic acids is 2. The van der Waals surface area contributed by atoms with E-state index in [1.165, 1.54) is 11.3 Å². The summed E-state index contributed by atoms with van der Waals surface area (Å²) in [4.78, 5) is 37.3. The summed E-state index contributed by atoms with van der Waals surface area (Å²) in [6.45, 7) is 0.351. The SMILES string of the molecule is Cc1csc(NC(=O)N(CC(=O)O)CC(=O)O)n1. The number of carboxylic acid groups (broad SMARTS) is 2. The van der Waals surface area contributed by atoms with E-state index >= 15 is 0 Å². The van der Waals surface area contributed by atoms with Gasteiger partial charge in [0.2, 0.25) is 0 Å². The van der Waals surface area contributed by atoms with E-state index in [4.69, 9.17) is 10.2 Å². The van der Waals surface area contributed by atoms with Crippen molar-refractivity contribution >= 4 is 34.4 Å². The molecule has 0 atom stereocenters. The highest BCUT2D eigenvalue weighted by Gasteiger charge is 2.20. The minimum absolute atomic E-state index is 0.290. The summed E-state index contributed by atoms with van der Waals surface area (Å²) in [5.41, 5.74) is 0.707. The van der Waals surface area contributed by atoms with Crippen molar-refractivity contribution in [1.82, 2.24) is 9.88 Å². The summed E-state index contributed by atoms with van der Waals surface area (Å²) in [5.74, 6) is -2.58. The fraction of sp³-hybridized carbons (Fsp3) is 0.333. The Labute approximate surface area is 106 Å². The van der Waals surface area contributed by atoms with Crippen LogP contribution in [0.5, 0.6) is 0 Å². The number of nitrogens with zero attached hydrogens (tertiary/aromatic N) is 2. The maximum atomic E-state index is 11.6. The van der Waals surface area contributed by atoms with E-state index in [0.717, 1.165) is 0 Å². The molecule has 0 aliphatic rings. The lowest BCUT2D eigenvalue weighted by molar-refractivity contribution is -0.140. The Morgan fingerprint density at radius 3 is 2.28 bits per heavy atom. The molecule has 1 aromatic rings. The lowest BCUT2D eigenvalue weighted by Gasteiger charge is -2.17. The predicted molar refractivity (Wildman–Crippen MR) is 62.7 cm³/mol. The zero-order chi connectivity index (χ0) is 13.7. The van der Waals surface area contributed by atoms with Crippen LogP contribution >= 0.6 is 11.3 Å². The highest BCUT2D eigenvalue weighted by atomic mass is 32.1. The molecule has 0 bridgehead atoms. The molecule has 0 fully saturated rings. The topological polar surface area (TPSA) is 120 Å². The van der Waals surface area contributed by atoms with E-state index in [1.807, 2.05) is 0 Å². The Kier molecular flexibility index (Phi) is 4.60. The molecule has 0 spiro atoms. The van der Waals surface area contributed by atoms with Crippen LogP contribution in [-0.2, 0) is 9.59 Å². The lowest BCUT2D eigenvalue weighted by Crippen LogP contribution is -2.41. The molecule has 1 aromatic heterocycles. The van der Waals surface area contributed by atoms with Crippen LogP contribution in [0.1, 0.15) is 5.69 Å². The first-order valence-corrected chi connectivity index (χ1v) is 5.68. The van der Waals surface area contributed by atoms with Gasteiger partial charge in [0.05, 0.1) is 5.69 Å². The molecular formula is C9H11N3O5S. The van der Waals surface area contributed by atoms with Gasteiger partial charge in [-0.25, -0.2) is 9.78 Å². The number of nitrogens with one attached hydrogen (secondary N) is 1. The minimum atomic E-state index is -1.29. The largest absolute Gasteiger partial charge is 0.480 e. The molecule has 0 radical (unpaired) electrons. The van der Waals surface area contributed by atoms with Gasteiger partial charge in [-0.05, 0) is 6.92 Å². The van der Waals surface area contributed by atoms with Crippen LogP contribution < -0.4 is 5.32 Å². The third kappa shape index (κ3) is 4.37.